The number of nitrogens with one attached hydrogen (secondary N) is 1. The summed E-state index contributed by atoms with van der Waals surface area (Å²) in [5, 5.41) is 3.47. The lowest BCUT2D eigenvalue weighted by Gasteiger charge is -2.29. The van der Waals surface area contributed by atoms with Gasteiger partial charge in [-0.05, 0) is 61.8 Å². The van der Waals surface area contributed by atoms with Crippen molar-refractivity contribution in [3.63, 3.8) is 0 Å². The Balaban J connectivity index is 1.92. The van der Waals surface area contributed by atoms with Crippen LogP contribution in [0.3, 0.4) is 0 Å². The molecular weight excluding hydrogens is 390 g/mol. The van der Waals surface area contributed by atoms with Crippen LogP contribution in [-0.4, -0.2) is 42.3 Å². The summed E-state index contributed by atoms with van der Waals surface area (Å²) >= 11 is 0. The monoisotopic (exact) mass is 419 g/mol. The fourth-order valence-corrected chi connectivity index (χ4v) is 5.05. The molecule has 0 radical (unpaired) electrons. The summed E-state index contributed by atoms with van der Waals surface area (Å²) in [6.45, 7) is 6.96. The number of carbonyl (C=O) groups is 1. The highest BCUT2D eigenvalue weighted by Gasteiger charge is 2.28. The van der Waals surface area contributed by atoms with Gasteiger partial charge in [0.15, 0.2) is 0 Å². The van der Waals surface area contributed by atoms with Gasteiger partial charge in [0.2, 0.25) is 15.9 Å². The van der Waals surface area contributed by atoms with E-state index in [0.717, 1.165) is 19.3 Å². The smallest absolute Gasteiger partial charge is 0.251 e. The Kier molecular flexibility index (Phi) is 6.43. The van der Waals surface area contributed by atoms with Gasteiger partial charge < -0.3 is 5.32 Å². The maximum atomic E-state index is 13.0. The number of amides is 1. The van der Waals surface area contributed by atoms with Crippen molar-refractivity contribution in [3.05, 3.63) is 40.7 Å². The van der Waals surface area contributed by atoms with Crippen molar-refractivity contribution in [1.29, 1.82) is 0 Å². The Morgan fingerprint density at radius 1 is 1.21 bits per heavy atom. The van der Waals surface area contributed by atoms with Crippen LogP contribution in [0.1, 0.15) is 40.0 Å². The maximum absolute atomic E-state index is 13.0. The molecule has 158 valence electrons. The second-order valence-electron chi connectivity index (χ2n) is 7.94. The number of hydrogen-bond donors (Lipinski definition) is 1. The number of benzene rings is 1. The molecule has 0 unspecified atom stereocenters. The molecule has 1 aromatic carbocycles. The summed E-state index contributed by atoms with van der Waals surface area (Å²) in [4.78, 5) is 24.8. The topological polar surface area (TPSA) is 88.5 Å². The Hall–Kier alpha value is -2.19. The lowest BCUT2D eigenvalue weighted by Crippen LogP contribution is -2.38. The third kappa shape index (κ3) is 4.70. The molecule has 0 spiro atoms. The van der Waals surface area contributed by atoms with Crippen LogP contribution < -0.4 is 10.9 Å². The molecule has 1 aliphatic rings. The lowest BCUT2D eigenvalue weighted by molar-refractivity contribution is -0.122. The average molecular weight is 420 g/mol. The van der Waals surface area contributed by atoms with Crippen LogP contribution >= 0.6 is 0 Å². The van der Waals surface area contributed by atoms with Gasteiger partial charge in [0, 0.05) is 25.2 Å². The molecule has 1 aromatic heterocycles. The second kappa shape index (κ2) is 8.67. The minimum Gasteiger partial charge on any atom is -0.352 e. The molecule has 1 atom stereocenters. The number of fused-ring (bicyclic) bond motifs is 1. The van der Waals surface area contributed by atoms with E-state index in [-0.39, 0.29) is 28.9 Å². The SMILES string of the molecule is CC[C@@H](C)NC(=O)Cn1c(=O)ccc2cc(S(=O)(=O)N3CCC(C)CC3)ccc21. The Morgan fingerprint density at radius 3 is 2.55 bits per heavy atom. The first-order chi connectivity index (χ1) is 13.7. The molecule has 1 saturated heterocycles. The average Bonchev–Trinajstić information content (AvgIpc) is 2.70. The summed E-state index contributed by atoms with van der Waals surface area (Å²) in [6.07, 6.45) is 2.52. The molecule has 29 heavy (non-hydrogen) atoms. The quantitative estimate of drug-likeness (QED) is 0.778. The van der Waals surface area contributed by atoms with Crippen molar-refractivity contribution in [2.24, 2.45) is 5.92 Å². The highest BCUT2D eigenvalue weighted by Crippen LogP contribution is 2.25. The molecule has 0 aliphatic carbocycles. The van der Waals surface area contributed by atoms with Gasteiger partial charge in [0.25, 0.3) is 5.56 Å². The van der Waals surface area contributed by atoms with Crippen molar-refractivity contribution in [2.45, 2.75) is 57.5 Å². The van der Waals surface area contributed by atoms with Crippen molar-refractivity contribution < 1.29 is 13.2 Å². The number of rotatable bonds is 6. The molecule has 1 amide bonds. The molecule has 3 rings (SSSR count). The van der Waals surface area contributed by atoms with E-state index < -0.39 is 10.0 Å². The standard InChI is InChI=1S/C21H29N3O4S/c1-4-16(3)22-20(25)14-24-19-7-6-18(13-17(19)5-8-21(24)26)29(27,28)23-11-9-15(2)10-12-23/h5-8,13,15-16H,4,9-12,14H2,1-3H3,(H,22,25)/t16-/m1/s1. The minimum atomic E-state index is -3.58. The van der Waals surface area contributed by atoms with E-state index in [9.17, 15) is 18.0 Å². The molecule has 1 N–H and O–H groups in total. The van der Waals surface area contributed by atoms with Crippen LogP contribution in [0, 0.1) is 5.92 Å². The van der Waals surface area contributed by atoms with Gasteiger partial charge in [-0.15, -0.1) is 0 Å². The molecule has 8 heteroatoms. The molecule has 0 saturated carbocycles. The Bertz CT molecular complexity index is 1050. The van der Waals surface area contributed by atoms with Gasteiger partial charge in [-0.2, -0.15) is 4.31 Å². The first kappa shape index (κ1) is 21.5. The summed E-state index contributed by atoms with van der Waals surface area (Å²) in [6, 6.07) is 7.74. The Morgan fingerprint density at radius 2 is 1.90 bits per heavy atom. The predicted octanol–water partition coefficient (Wildman–Crippen LogP) is 2.34. The molecule has 7 nitrogen and oxygen atoms in total. The number of sulfonamides is 1. The van der Waals surface area contributed by atoms with Gasteiger partial charge in [-0.3, -0.25) is 14.2 Å². The zero-order valence-corrected chi connectivity index (χ0v) is 18.0. The number of hydrogen-bond acceptors (Lipinski definition) is 4. The van der Waals surface area contributed by atoms with Crippen LogP contribution in [0.25, 0.3) is 10.9 Å². The van der Waals surface area contributed by atoms with Crippen LogP contribution in [0.5, 0.6) is 0 Å². The fourth-order valence-electron chi connectivity index (χ4n) is 3.55. The second-order valence-corrected chi connectivity index (χ2v) is 9.88. The summed E-state index contributed by atoms with van der Waals surface area (Å²) in [7, 11) is -3.58. The van der Waals surface area contributed by atoms with E-state index >= 15 is 0 Å². The highest BCUT2D eigenvalue weighted by atomic mass is 32.2. The fraction of sp³-hybridized carbons (Fsp3) is 0.524. The molecule has 0 bridgehead atoms. The zero-order chi connectivity index (χ0) is 21.2. The van der Waals surface area contributed by atoms with Gasteiger partial charge in [0.1, 0.15) is 6.54 Å². The van der Waals surface area contributed by atoms with Crippen LogP contribution in [0.2, 0.25) is 0 Å². The normalized spacial score (nSPS) is 17.3. The number of carbonyl (C=O) groups excluding carboxylic acids is 1. The third-order valence-corrected chi connectivity index (χ3v) is 7.56. The van der Waals surface area contributed by atoms with Gasteiger partial charge in [0.05, 0.1) is 10.4 Å². The van der Waals surface area contributed by atoms with Crippen molar-refractivity contribution in [3.8, 4) is 0 Å². The zero-order valence-electron chi connectivity index (χ0n) is 17.2. The van der Waals surface area contributed by atoms with Crippen molar-refractivity contribution in [2.75, 3.05) is 13.1 Å². The van der Waals surface area contributed by atoms with E-state index in [4.69, 9.17) is 0 Å². The molecule has 2 aromatic rings. The summed E-state index contributed by atoms with van der Waals surface area (Å²) < 4.78 is 28.9. The van der Waals surface area contributed by atoms with E-state index in [1.807, 2.05) is 13.8 Å². The number of pyridine rings is 1. The number of piperidine rings is 1. The summed E-state index contributed by atoms with van der Waals surface area (Å²) in [5.41, 5.74) is 0.250. The Labute approximate surface area is 171 Å². The third-order valence-electron chi connectivity index (χ3n) is 5.66. The van der Waals surface area contributed by atoms with Gasteiger partial charge >= 0.3 is 0 Å². The maximum Gasteiger partial charge on any atom is 0.251 e. The first-order valence-corrected chi connectivity index (χ1v) is 11.6. The number of aromatic nitrogens is 1. The largest absolute Gasteiger partial charge is 0.352 e. The molecule has 1 fully saturated rings. The van der Waals surface area contributed by atoms with E-state index in [2.05, 4.69) is 12.2 Å². The van der Waals surface area contributed by atoms with Gasteiger partial charge in [-0.1, -0.05) is 13.8 Å². The van der Waals surface area contributed by atoms with Crippen molar-refractivity contribution >= 4 is 26.8 Å². The van der Waals surface area contributed by atoms with E-state index in [0.29, 0.717) is 29.9 Å². The number of nitrogens with zero attached hydrogens (tertiary/aromatic N) is 2. The van der Waals surface area contributed by atoms with Crippen LogP contribution in [0.15, 0.2) is 40.0 Å². The highest BCUT2D eigenvalue weighted by molar-refractivity contribution is 7.89. The van der Waals surface area contributed by atoms with Gasteiger partial charge in [-0.25, -0.2) is 8.42 Å². The van der Waals surface area contributed by atoms with Crippen LogP contribution in [-0.2, 0) is 21.4 Å². The van der Waals surface area contributed by atoms with E-state index in [1.54, 1.807) is 18.2 Å². The minimum absolute atomic E-state index is 0.0252. The molecular formula is C21H29N3O4S. The lowest BCUT2D eigenvalue weighted by atomic mass is 10.0. The summed E-state index contributed by atoms with van der Waals surface area (Å²) in [5.74, 6) is 0.294. The first-order valence-electron chi connectivity index (χ1n) is 10.2. The van der Waals surface area contributed by atoms with E-state index in [1.165, 1.54) is 21.0 Å². The van der Waals surface area contributed by atoms with Crippen LogP contribution in [0.4, 0.5) is 0 Å². The van der Waals surface area contributed by atoms with Crippen molar-refractivity contribution in [1.82, 2.24) is 14.2 Å². The molecule has 2 heterocycles. The predicted molar refractivity (Wildman–Crippen MR) is 113 cm³/mol. The molecule has 1 aliphatic heterocycles.